The van der Waals surface area contributed by atoms with Crippen LogP contribution in [-0.2, 0) is 0 Å². The minimum absolute atomic E-state index is 0.0807. The number of aliphatic imine (C=N–C) groups is 1. The highest BCUT2D eigenvalue weighted by atomic mass is 35.5. The number of rotatable bonds is 2. The van der Waals surface area contributed by atoms with Crippen molar-refractivity contribution in [1.82, 2.24) is 0 Å². The van der Waals surface area contributed by atoms with E-state index in [1.54, 1.807) is 31.2 Å². The van der Waals surface area contributed by atoms with E-state index in [0.29, 0.717) is 21.8 Å². The molecule has 2 aromatic carbocycles. The van der Waals surface area contributed by atoms with Crippen molar-refractivity contribution in [1.29, 1.82) is 0 Å². The number of halogens is 2. The predicted molar refractivity (Wildman–Crippen MR) is 71.5 cm³/mol. The fraction of sp³-hybridized carbons (Fsp3) is 0.0714. The van der Waals surface area contributed by atoms with Crippen LogP contribution >= 0.6 is 11.6 Å². The van der Waals surface area contributed by atoms with E-state index in [9.17, 15) is 9.50 Å². The molecule has 92 valence electrons. The molecular formula is C14H11ClFNO. The maximum absolute atomic E-state index is 13.3. The molecule has 0 bridgehead atoms. The van der Waals surface area contributed by atoms with Gasteiger partial charge in [0.05, 0.1) is 5.69 Å². The van der Waals surface area contributed by atoms with Gasteiger partial charge in [-0.3, -0.25) is 4.99 Å². The second-order valence-electron chi connectivity index (χ2n) is 3.85. The van der Waals surface area contributed by atoms with E-state index in [0.717, 1.165) is 0 Å². The molecule has 2 aromatic rings. The Hall–Kier alpha value is -1.87. The molecule has 0 atom stereocenters. The molecule has 0 aliphatic rings. The lowest BCUT2D eigenvalue weighted by Crippen LogP contribution is -1.85. The van der Waals surface area contributed by atoms with Crippen LogP contribution in [0.25, 0.3) is 0 Å². The number of aromatic hydroxyl groups is 1. The van der Waals surface area contributed by atoms with Gasteiger partial charge in [-0.05, 0) is 37.3 Å². The molecule has 0 aliphatic carbocycles. The first-order chi connectivity index (χ1) is 8.58. The second kappa shape index (κ2) is 5.19. The molecule has 4 heteroatoms. The van der Waals surface area contributed by atoms with Crippen molar-refractivity contribution in [2.75, 3.05) is 0 Å². The van der Waals surface area contributed by atoms with Gasteiger partial charge in [0.2, 0.25) is 0 Å². The highest BCUT2D eigenvalue weighted by Gasteiger charge is 2.02. The average Bonchev–Trinajstić information content (AvgIpc) is 2.35. The largest absolute Gasteiger partial charge is 0.507 e. The summed E-state index contributed by atoms with van der Waals surface area (Å²) in [6.07, 6.45) is 1.46. The molecule has 18 heavy (non-hydrogen) atoms. The molecule has 0 radical (unpaired) electrons. The summed E-state index contributed by atoms with van der Waals surface area (Å²) in [6, 6.07) is 9.34. The van der Waals surface area contributed by atoms with Gasteiger partial charge in [0, 0.05) is 22.4 Å². The van der Waals surface area contributed by atoms with E-state index < -0.39 is 0 Å². The Morgan fingerprint density at radius 1 is 1.28 bits per heavy atom. The van der Waals surface area contributed by atoms with E-state index in [1.807, 2.05) is 0 Å². The van der Waals surface area contributed by atoms with E-state index in [1.165, 1.54) is 18.3 Å². The fourth-order valence-corrected chi connectivity index (χ4v) is 1.68. The molecule has 0 saturated heterocycles. The average molecular weight is 264 g/mol. The monoisotopic (exact) mass is 263 g/mol. The smallest absolute Gasteiger partial charge is 0.128 e. The van der Waals surface area contributed by atoms with Crippen LogP contribution in [0, 0.1) is 12.7 Å². The number of benzene rings is 2. The SMILES string of the molecule is Cc1c(F)cccc1N=Cc1cc(Cl)ccc1O. The van der Waals surface area contributed by atoms with E-state index in [2.05, 4.69) is 4.99 Å². The number of phenolic OH excluding ortho intramolecular Hbond substituents is 1. The zero-order valence-electron chi connectivity index (χ0n) is 9.69. The molecule has 2 rings (SSSR count). The normalized spacial score (nSPS) is 11.1. The van der Waals surface area contributed by atoms with Gasteiger partial charge in [-0.1, -0.05) is 17.7 Å². The fourth-order valence-electron chi connectivity index (χ4n) is 1.50. The summed E-state index contributed by atoms with van der Waals surface area (Å²) in [7, 11) is 0. The molecule has 1 N–H and O–H groups in total. The first kappa shape index (κ1) is 12.6. The van der Waals surface area contributed by atoms with Gasteiger partial charge in [0.15, 0.2) is 0 Å². The first-order valence-electron chi connectivity index (χ1n) is 5.35. The summed E-state index contributed by atoms with van der Waals surface area (Å²) in [6.45, 7) is 1.65. The topological polar surface area (TPSA) is 32.6 Å². The van der Waals surface area contributed by atoms with E-state index in [-0.39, 0.29) is 11.6 Å². The van der Waals surface area contributed by atoms with Crippen LogP contribution in [0.15, 0.2) is 41.4 Å². The summed E-state index contributed by atoms with van der Waals surface area (Å²) in [4.78, 5) is 4.16. The molecule has 0 fully saturated rings. The number of phenols is 1. The van der Waals surface area contributed by atoms with Crippen molar-refractivity contribution in [3.63, 3.8) is 0 Å². The molecule has 0 spiro atoms. The first-order valence-corrected chi connectivity index (χ1v) is 5.73. The lowest BCUT2D eigenvalue weighted by molar-refractivity contribution is 0.474. The van der Waals surface area contributed by atoms with Crippen LogP contribution in [0.4, 0.5) is 10.1 Å². The summed E-state index contributed by atoms with van der Waals surface area (Å²) in [5, 5.41) is 10.1. The zero-order valence-corrected chi connectivity index (χ0v) is 10.4. The third-order valence-corrected chi connectivity index (χ3v) is 2.81. The lowest BCUT2D eigenvalue weighted by atomic mass is 10.2. The Balaban J connectivity index is 2.36. The van der Waals surface area contributed by atoms with Crippen LogP contribution < -0.4 is 0 Å². The molecule has 0 aromatic heterocycles. The van der Waals surface area contributed by atoms with Crippen molar-refractivity contribution in [2.45, 2.75) is 6.92 Å². The molecule has 0 amide bonds. The standard InChI is InChI=1S/C14H11ClFNO/c1-9-12(16)3-2-4-13(9)17-8-10-7-11(15)5-6-14(10)18/h2-8,18H,1H3. The minimum atomic E-state index is -0.306. The molecule has 0 heterocycles. The summed E-state index contributed by atoms with van der Waals surface area (Å²) in [5.74, 6) is -0.225. The Morgan fingerprint density at radius 3 is 2.83 bits per heavy atom. The van der Waals surface area contributed by atoms with E-state index >= 15 is 0 Å². The third-order valence-electron chi connectivity index (χ3n) is 2.57. The number of nitrogens with zero attached hydrogens (tertiary/aromatic N) is 1. The van der Waals surface area contributed by atoms with Crippen molar-refractivity contribution >= 4 is 23.5 Å². The van der Waals surface area contributed by atoms with Gasteiger partial charge < -0.3 is 5.11 Å². The van der Waals surface area contributed by atoms with Crippen LogP contribution in [0.2, 0.25) is 5.02 Å². The van der Waals surface area contributed by atoms with Gasteiger partial charge in [-0.15, -0.1) is 0 Å². The van der Waals surface area contributed by atoms with Gasteiger partial charge in [0.25, 0.3) is 0 Å². The molecule has 0 unspecified atom stereocenters. The predicted octanol–water partition coefficient (Wildman–Crippen LogP) is 4.24. The Labute approximate surface area is 109 Å². The van der Waals surface area contributed by atoms with Crippen molar-refractivity contribution < 1.29 is 9.50 Å². The van der Waals surface area contributed by atoms with Gasteiger partial charge in [-0.2, -0.15) is 0 Å². The Kier molecular flexibility index (Phi) is 3.63. The number of hydrogen-bond acceptors (Lipinski definition) is 2. The molecule has 2 nitrogen and oxygen atoms in total. The minimum Gasteiger partial charge on any atom is -0.507 e. The van der Waals surface area contributed by atoms with Crippen LogP contribution in [0.3, 0.4) is 0 Å². The number of hydrogen-bond donors (Lipinski definition) is 1. The quantitative estimate of drug-likeness (QED) is 0.808. The molecule has 0 saturated carbocycles. The van der Waals surface area contributed by atoms with E-state index in [4.69, 9.17) is 11.6 Å². The zero-order chi connectivity index (χ0) is 13.1. The Morgan fingerprint density at radius 2 is 2.06 bits per heavy atom. The second-order valence-corrected chi connectivity index (χ2v) is 4.28. The van der Waals surface area contributed by atoms with Gasteiger partial charge in [0.1, 0.15) is 11.6 Å². The van der Waals surface area contributed by atoms with Crippen LogP contribution in [0.5, 0.6) is 5.75 Å². The summed E-state index contributed by atoms with van der Waals surface area (Å²) in [5.41, 5.74) is 1.48. The highest BCUT2D eigenvalue weighted by molar-refractivity contribution is 6.30. The van der Waals surface area contributed by atoms with Crippen LogP contribution in [0.1, 0.15) is 11.1 Å². The van der Waals surface area contributed by atoms with Gasteiger partial charge in [-0.25, -0.2) is 4.39 Å². The maximum atomic E-state index is 13.3. The van der Waals surface area contributed by atoms with Crippen molar-refractivity contribution in [2.24, 2.45) is 4.99 Å². The molecular weight excluding hydrogens is 253 g/mol. The van der Waals surface area contributed by atoms with Gasteiger partial charge >= 0.3 is 0 Å². The maximum Gasteiger partial charge on any atom is 0.128 e. The third kappa shape index (κ3) is 2.68. The van der Waals surface area contributed by atoms with Crippen molar-refractivity contribution in [3.8, 4) is 5.75 Å². The lowest BCUT2D eigenvalue weighted by Gasteiger charge is -2.02. The summed E-state index contributed by atoms with van der Waals surface area (Å²) >= 11 is 5.82. The van der Waals surface area contributed by atoms with Crippen molar-refractivity contribution in [3.05, 3.63) is 58.4 Å². The molecule has 0 aliphatic heterocycles. The van der Waals surface area contributed by atoms with Crippen LogP contribution in [-0.4, -0.2) is 11.3 Å². The summed E-state index contributed by atoms with van der Waals surface area (Å²) < 4.78 is 13.3. The highest BCUT2D eigenvalue weighted by Crippen LogP contribution is 2.23. The Bertz CT molecular complexity index is 607.